The molecule has 20 heavy (non-hydrogen) atoms. The number of nitrogens with one attached hydrogen (secondary N) is 1. The Balaban J connectivity index is 1.94. The molecule has 5 nitrogen and oxygen atoms in total. The maximum absolute atomic E-state index is 12.1. The van der Waals surface area contributed by atoms with Crippen LogP contribution in [0, 0.1) is 11.8 Å². The predicted octanol–water partition coefficient (Wildman–Crippen LogP) is 2.39. The molecule has 1 N–H and O–H groups in total. The fourth-order valence-corrected chi connectivity index (χ4v) is 2.50. The van der Waals surface area contributed by atoms with Crippen molar-refractivity contribution in [2.45, 2.75) is 33.2 Å². The van der Waals surface area contributed by atoms with Gasteiger partial charge in [-0.2, -0.15) is 5.10 Å². The fraction of sp³-hybridized carbons (Fsp3) is 0.714. The molecule has 0 spiro atoms. The largest absolute Gasteiger partial charge is 0.382 e. The summed E-state index contributed by atoms with van der Waals surface area (Å²) in [5.41, 5.74) is 0.394. The van der Waals surface area contributed by atoms with Crippen LogP contribution in [0.2, 0.25) is 5.02 Å². The van der Waals surface area contributed by atoms with Gasteiger partial charge >= 0.3 is 0 Å². The van der Waals surface area contributed by atoms with E-state index < -0.39 is 0 Å². The van der Waals surface area contributed by atoms with Crippen LogP contribution in [-0.2, 0) is 11.3 Å². The number of hydrogen-bond acceptors (Lipinski definition) is 4. The maximum Gasteiger partial charge on any atom is 0.287 e. The van der Waals surface area contributed by atoms with E-state index in [0.717, 1.165) is 32.6 Å². The minimum atomic E-state index is -0.227. The minimum absolute atomic E-state index is 0.225. The third kappa shape index (κ3) is 3.96. The summed E-state index contributed by atoms with van der Waals surface area (Å²) in [5.74, 6) is 0.966. The zero-order valence-electron chi connectivity index (χ0n) is 12.1. The first kappa shape index (κ1) is 15.3. The van der Waals surface area contributed by atoms with Crippen LogP contribution >= 0.6 is 11.6 Å². The van der Waals surface area contributed by atoms with E-state index in [1.165, 1.54) is 4.68 Å². The second-order valence-corrected chi connectivity index (χ2v) is 6.08. The molecule has 1 atom stereocenters. The average Bonchev–Trinajstić information content (AvgIpc) is 2.90. The van der Waals surface area contributed by atoms with Crippen molar-refractivity contribution >= 4 is 17.3 Å². The normalized spacial score (nSPS) is 18.7. The summed E-state index contributed by atoms with van der Waals surface area (Å²) in [5, 5.41) is 7.59. The predicted molar refractivity (Wildman–Crippen MR) is 80.4 cm³/mol. The lowest BCUT2D eigenvalue weighted by molar-refractivity contribution is 0.185. The van der Waals surface area contributed by atoms with E-state index >= 15 is 0 Å². The first-order chi connectivity index (χ1) is 9.58. The van der Waals surface area contributed by atoms with E-state index in [-0.39, 0.29) is 10.6 Å². The Labute approximate surface area is 124 Å². The molecule has 1 aliphatic rings. The molecule has 2 heterocycles. The molecule has 0 saturated carbocycles. The third-order valence-electron chi connectivity index (χ3n) is 3.41. The molecule has 2 rings (SSSR count). The van der Waals surface area contributed by atoms with Crippen LogP contribution in [0.25, 0.3) is 0 Å². The molecule has 1 aromatic heterocycles. The molecule has 6 heteroatoms. The third-order valence-corrected chi connectivity index (χ3v) is 3.78. The Morgan fingerprint density at radius 1 is 1.60 bits per heavy atom. The Kier molecular flexibility index (Phi) is 5.43. The minimum Gasteiger partial charge on any atom is -0.382 e. The van der Waals surface area contributed by atoms with Gasteiger partial charge in [0.1, 0.15) is 5.02 Å². The summed E-state index contributed by atoms with van der Waals surface area (Å²) >= 11 is 6.12. The number of anilines is 1. The number of aromatic nitrogens is 2. The van der Waals surface area contributed by atoms with E-state index in [0.29, 0.717) is 24.1 Å². The number of nitrogens with zero attached hydrogens (tertiary/aromatic N) is 2. The zero-order chi connectivity index (χ0) is 14.5. The van der Waals surface area contributed by atoms with Crippen LogP contribution in [0.15, 0.2) is 11.0 Å². The second-order valence-electron chi connectivity index (χ2n) is 5.70. The highest BCUT2D eigenvalue weighted by Crippen LogP contribution is 2.19. The molecule has 0 aliphatic carbocycles. The SMILES string of the molecule is CC(C)Cn1ncc(NCCC2CCOC2)c(Cl)c1=O. The van der Waals surface area contributed by atoms with E-state index in [1.54, 1.807) is 6.20 Å². The molecule has 0 bridgehead atoms. The average molecular weight is 300 g/mol. The smallest absolute Gasteiger partial charge is 0.287 e. The Morgan fingerprint density at radius 3 is 3.05 bits per heavy atom. The summed E-state index contributed by atoms with van der Waals surface area (Å²) in [4.78, 5) is 12.1. The van der Waals surface area contributed by atoms with Crippen LogP contribution < -0.4 is 10.9 Å². The molecule has 1 unspecified atom stereocenters. The molecule has 0 radical (unpaired) electrons. The topological polar surface area (TPSA) is 56.1 Å². The van der Waals surface area contributed by atoms with Crippen molar-refractivity contribution in [2.24, 2.45) is 11.8 Å². The lowest BCUT2D eigenvalue weighted by Gasteiger charge is -2.12. The Bertz CT molecular complexity index is 496. The van der Waals surface area contributed by atoms with Gasteiger partial charge in [-0.05, 0) is 24.7 Å². The monoisotopic (exact) mass is 299 g/mol. The lowest BCUT2D eigenvalue weighted by Crippen LogP contribution is -2.26. The van der Waals surface area contributed by atoms with Crippen molar-refractivity contribution in [1.82, 2.24) is 9.78 Å². The van der Waals surface area contributed by atoms with Gasteiger partial charge in [0, 0.05) is 26.3 Å². The standard InChI is InChI=1S/C14H22ClN3O2/c1-10(2)8-18-14(19)13(15)12(7-17-18)16-5-3-11-4-6-20-9-11/h7,10-11,16H,3-6,8-9H2,1-2H3. The van der Waals surface area contributed by atoms with Crippen molar-refractivity contribution in [3.63, 3.8) is 0 Å². The highest BCUT2D eigenvalue weighted by Gasteiger charge is 2.15. The van der Waals surface area contributed by atoms with Crippen molar-refractivity contribution in [3.05, 3.63) is 21.6 Å². The summed E-state index contributed by atoms with van der Waals surface area (Å²) in [6.07, 6.45) is 3.77. The van der Waals surface area contributed by atoms with Gasteiger partial charge < -0.3 is 10.1 Å². The number of hydrogen-bond donors (Lipinski definition) is 1. The van der Waals surface area contributed by atoms with Gasteiger partial charge in [-0.25, -0.2) is 4.68 Å². The molecular formula is C14H22ClN3O2. The van der Waals surface area contributed by atoms with Crippen molar-refractivity contribution in [2.75, 3.05) is 25.1 Å². The molecule has 0 aromatic carbocycles. The van der Waals surface area contributed by atoms with E-state index in [1.807, 2.05) is 13.8 Å². The first-order valence-electron chi connectivity index (χ1n) is 7.15. The maximum atomic E-state index is 12.1. The number of halogens is 1. The molecule has 1 fully saturated rings. The molecular weight excluding hydrogens is 278 g/mol. The Hall–Kier alpha value is -1.07. The lowest BCUT2D eigenvalue weighted by atomic mass is 10.1. The summed E-state index contributed by atoms with van der Waals surface area (Å²) in [7, 11) is 0. The molecule has 1 aromatic rings. The fourth-order valence-electron chi connectivity index (χ4n) is 2.29. The van der Waals surface area contributed by atoms with E-state index in [9.17, 15) is 4.79 Å². The van der Waals surface area contributed by atoms with Crippen molar-refractivity contribution in [1.29, 1.82) is 0 Å². The van der Waals surface area contributed by atoms with Crippen LogP contribution in [0.4, 0.5) is 5.69 Å². The Morgan fingerprint density at radius 2 is 2.40 bits per heavy atom. The molecule has 1 saturated heterocycles. The van der Waals surface area contributed by atoms with E-state index in [2.05, 4.69) is 10.4 Å². The van der Waals surface area contributed by atoms with Crippen molar-refractivity contribution < 1.29 is 4.74 Å². The van der Waals surface area contributed by atoms with Gasteiger partial charge in [0.05, 0.1) is 11.9 Å². The quantitative estimate of drug-likeness (QED) is 0.876. The van der Waals surface area contributed by atoms with Crippen LogP contribution in [0.1, 0.15) is 26.7 Å². The highest BCUT2D eigenvalue weighted by atomic mass is 35.5. The first-order valence-corrected chi connectivity index (χ1v) is 7.53. The molecule has 0 amide bonds. The summed E-state index contributed by atoms with van der Waals surface area (Å²) in [6.45, 7) is 7.14. The number of ether oxygens (including phenoxy) is 1. The van der Waals surface area contributed by atoms with E-state index in [4.69, 9.17) is 16.3 Å². The summed E-state index contributed by atoms with van der Waals surface area (Å²) in [6, 6.07) is 0. The van der Waals surface area contributed by atoms with Gasteiger partial charge in [0.25, 0.3) is 5.56 Å². The van der Waals surface area contributed by atoms with Gasteiger partial charge in [-0.1, -0.05) is 25.4 Å². The van der Waals surface area contributed by atoms with Crippen molar-refractivity contribution in [3.8, 4) is 0 Å². The van der Waals surface area contributed by atoms with Gasteiger partial charge in [0.15, 0.2) is 0 Å². The van der Waals surface area contributed by atoms with Gasteiger partial charge in [0.2, 0.25) is 0 Å². The van der Waals surface area contributed by atoms with Gasteiger partial charge in [-0.3, -0.25) is 4.79 Å². The number of rotatable bonds is 6. The van der Waals surface area contributed by atoms with Gasteiger partial charge in [-0.15, -0.1) is 0 Å². The van der Waals surface area contributed by atoms with Crippen LogP contribution in [0.3, 0.4) is 0 Å². The highest BCUT2D eigenvalue weighted by molar-refractivity contribution is 6.32. The molecule has 112 valence electrons. The van der Waals surface area contributed by atoms with Crippen LogP contribution in [0.5, 0.6) is 0 Å². The van der Waals surface area contributed by atoms with Crippen LogP contribution in [-0.4, -0.2) is 29.5 Å². The zero-order valence-corrected chi connectivity index (χ0v) is 12.8. The summed E-state index contributed by atoms with van der Waals surface area (Å²) < 4.78 is 6.76. The second kappa shape index (κ2) is 7.09. The molecule has 1 aliphatic heterocycles.